The highest BCUT2D eigenvalue weighted by atomic mass is 32.2. The number of aromatic hydroxyl groups is 1. The lowest BCUT2D eigenvalue weighted by Crippen LogP contribution is -2.36. The highest BCUT2D eigenvalue weighted by Crippen LogP contribution is 2.41. The van der Waals surface area contributed by atoms with E-state index in [4.69, 9.17) is 9.47 Å². The Kier molecular flexibility index (Phi) is 7.55. The van der Waals surface area contributed by atoms with Gasteiger partial charge in [-0.2, -0.15) is 4.31 Å². The zero-order chi connectivity index (χ0) is 28.7. The second-order valence-electron chi connectivity index (χ2n) is 10.3. The fraction of sp³-hybridized carbons (Fsp3) is 0.407. The molecule has 2 aliphatic rings. The standard InChI is InChI=1S/C27H34N4O7S/c1-7-31(8-2)39(35,36)20-11-9-10-17(23(20)32)28-21-22(26(34)30(6)25(21)33)29-24(27(3,4)5)16-12-13-18-19(14-16)38-15-37-18/h9-14,24,28-29,32H,7-8,15H2,1-6H3/t24-/m0/s1. The minimum atomic E-state index is -3.99. The number of benzene rings is 2. The van der Waals surface area contributed by atoms with Gasteiger partial charge < -0.3 is 25.2 Å². The van der Waals surface area contributed by atoms with Crippen LogP contribution in [0.1, 0.15) is 46.2 Å². The van der Waals surface area contributed by atoms with E-state index < -0.39 is 39.0 Å². The van der Waals surface area contributed by atoms with Crippen molar-refractivity contribution in [2.24, 2.45) is 5.41 Å². The van der Waals surface area contributed by atoms with Gasteiger partial charge in [-0.1, -0.05) is 46.8 Å². The molecule has 2 aromatic rings. The van der Waals surface area contributed by atoms with Crippen molar-refractivity contribution in [3.05, 3.63) is 53.4 Å². The number of phenols is 1. The van der Waals surface area contributed by atoms with E-state index in [0.717, 1.165) is 10.5 Å². The predicted octanol–water partition coefficient (Wildman–Crippen LogP) is 3.15. The van der Waals surface area contributed by atoms with Crippen LogP contribution in [0.15, 0.2) is 52.7 Å². The van der Waals surface area contributed by atoms with Gasteiger partial charge in [0, 0.05) is 20.1 Å². The van der Waals surface area contributed by atoms with Crippen LogP contribution in [0.4, 0.5) is 5.69 Å². The molecule has 0 unspecified atom stereocenters. The van der Waals surface area contributed by atoms with Gasteiger partial charge in [-0.15, -0.1) is 0 Å². The highest BCUT2D eigenvalue weighted by Gasteiger charge is 2.40. The van der Waals surface area contributed by atoms with Crippen molar-refractivity contribution in [3.63, 3.8) is 0 Å². The van der Waals surface area contributed by atoms with Crippen molar-refractivity contribution < 1.29 is 32.6 Å². The van der Waals surface area contributed by atoms with Crippen LogP contribution in [0.25, 0.3) is 0 Å². The van der Waals surface area contributed by atoms with Crippen molar-refractivity contribution in [2.75, 3.05) is 32.2 Å². The number of hydrogen-bond acceptors (Lipinski definition) is 9. The molecule has 0 aliphatic carbocycles. The number of phenolic OH excluding ortho intramolecular Hbond substituents is 1. The van der Waals surface area contributed by atoms with Gasteiger partial charge in [0.15, 0.2) is 17.2 Å². The molecule has 4 rings (SSSR count). The number of carbonyl (C=O) groups is 2. The zero-order valence-corrected chi connectivity index (χ0v) is 23.7. The molecule has 2 aromatic carbocycles. The van der Waals surface area contributed by atoms with Gasteiger partial charge in [-0.05, 0) is 35.2 Å². The van der Waals surface area contributed by atoms with Crippen LogP contribution >= 0.6 is 0 Å². The number of rotatable bonds is 9. The van der Waals surface area contributed by atoms with Crippen molar-refractivity contribution in [2.45, 2.75) is 45.6 Å². The Balaban J connectivity index is 1.76. The summed E-state index contributed by atoms with van der Waals surface area (Å²) in [4.78, 5) is 27.0. The molecule has 0 fully saturated rings. The summed E-state index contributed by atoms with van der Waals surface area (Å²) in [5.41, 5.74) is 0.255. The molecular formula is C27H34N4O7S. The Morgan fingerprint density at radius 2 is 1.67 bits per heavy atom. The van der Waals surface area contributed by atoms with Crippen LogP contribution in [0.3, 0.4) is 0 Å². The first kappa shape index (κ1) is 28.2. The molecule has 2 aliphatic heterocycles. The number of ether oxygens (including phenoxy) is 2. The first-order chi connectivity index (χ1) is 18.3. The normalized spacial score (nSPS) is 16.3. The van der Waals surface area contributed by atoms with E-state index in [0.29, 0.717) is 11.5 Å². The lowest BCUT2D eigenvalue weighted by atomic mass is 9.82. The van der Waals surface area contributed by atoms with Gasteiger partial charge in [-0.25, -0.2) is 8.42 Å². The second-order valence-corrected chi connectivity index (χ2v) is 12.2. The van der Waals surface area contributed by atoms with Crippen LogP contribution in [-0.2, 0) is 19.6 Å². The SMILES string of the molecule is CCN(CC)S(=O)(=O)c1cccc(NC2=C(N[C@@H](c3ccc4c(c3)OCO4)C(C)(C)C)C(=O)N(C)C2=O)c1O. The molecule has 12 heteroatoms. The van der Waals surface area contributed by atoms with Gasteiger partial charge in [0.2, 0.25) is 16.8 Å². The maximum absolute atomic E-state index is 13.2. The van der Waals surface area contributed by atoms with Gasteiger partial charge in [-0.3, -0.25) is 14.5 Å². The van der Waals surface area contributed by atoms with E-state index in [2.05, 4.69) is 10.6 Å². The van der Waals surface area contributed by atoms with Crippen molar-refractivity contribution in [1.29, 1.82) is 0 Å². The molecule has 0 bridgehead atoms. The summed E-state index contributed by atoms with van der Waals surface area (Å²) < 4.78 is 38.4. The Bertz CT molecular complexity index is 1440. The topological polar surface area (TPSA) is 138 Å². The van der Waals surface area contributed by atoms with E-state index in [9.17, 15) is 23.1 Å². The molecule has 3 N–H and O–H groups in total. The molecule has 0 aromatic heterocycles. The Labute approximate surface area is 228 Å². The maximum Gasteiger partial charge on any atom is 0.279 e. The smallest absolute Gasteiger partial charge is 0.279 e. The molecular weight excluding hydrogens is 524 g/mol. The van der Waals surface area contributed by atoms with E-state index in [1.807, 2.05) is 32.9 Å². The summed E-state index contributed by atoms with van der Waals surface area (Å²) in [5, 5.41) is 17.0. The monoisotopic (exact) mass is 558 g/mol. The number of fused-ring (bicyclic) bond motifs is 1. The number of imide groups is 1. The van der Waals surface area contributed by atoms with Crippen molar-refractivity contribution in [1.82, 2.24) is 14.5 Å². The zero-order valence-electron chi connectivity index (χ0n) is 22.9. The molecule has 1 atom stereocenters. The van der Waals surface area contributed by atoms with Crippen molar-refractivity contribution >= 4 is 27.5 Å². The lowest BCUT2D eigenvalue weighted by molar-refractivity contribution is -0.136. The van der Waals surface area contributed by atoms with Gasteiger partial charge in [0.05, 0.1) is 11.7 Å². The minimum Gasteiger partial charge on any atom is -0.504 e. The first-order valence-electron chi connectivity index (χ1n) is 12.6. The number of sulfonamides is 1. The molecule has 0 radical (unpaired) electrons. The number of anilines is 1. The Hall–Kier alpha value is -3.77. The quantitative estimate of drug-likeness (QED) is 0.313. The average molecular weight is 559 g/mol. The minimum absolute atomic E-state index is 0.00325. The number of para-hydroxylation sites is 1. The number of hydrogen-bond donors (Lipinski definition) is 3. The van der Waals surface area contributed by atoms with Gasteiger partial charge in [0.1, 0.15) is 16.3 Å². The third-order valence-electron chi connectivity index (χ3n) is 6.75. The van der Waals surface area contributed by atoms with E-state index in [1.165, 1.54) is 29.6 Å². The fourth-order valence-electron chi connectivity index (χ4n) is 4.60. The Morgan fingerprint density at radius 3 is 2.31 bits per heavy atom. The summed E-state index contributed by atoms with van der Waals surface area (Å²) in [7, 11) is -2.63. The average Bonchev–Trinajstić information content (AvgIpc) is 3.42. The third-order valence-corrected chi connectivity index (χ3v) is 8.84. The largest absolute Gasteiger partial charge is 0.504 e. The molecule has 11 nitrogen and oxygen atoms in total. The molecule has 210 valence electrons. The van der Waals surface area contributed by atoms with Crippen LogP contribution < -0.4 is 20.1 Å². The molecule has 2 amide bonds. The van der Waals surface area contributed by atoms with Gasteiger partial charge in [0.25, 0.3) is 11.8 Å². The van der Waals surface area contributed by atoms with Crippen molar-refractivity contribution in [3.8, 4) is 17.2 Å². The van der Waals surface area contributed by atoms with E-state index >= 15 is 0 Å². The summed E-state index contributed by atoms with van der Waals surface area (Å²) in [5.74, 6) is -0.539. The van der Waals surface area contributed by atoms with Crippen LogP contribution in [0, 0.1) is 5.41 Å². The predicted molar refractivity (Wildman–Crippen MR) is 145 cm³/mol. The molecule has 0 saturated carbocycles. The maximum atomic E-state index is 13.2. The molecule has 39 heavy (non-hydrogen) atoms. The number of nitrogens with zero attached hydrogens (tertiary/aromatic N) is 2. The van der Waals surface area contributed by atoms with Crippen LogP contribution in [-0.4, -0.2) is 61.5 Å². The van der Waals surface area contributed by atoms with Crippen LogP contribution in [0.5, 0.6) is 17.2 Å². The Morgan fingerprint density at radius 1 is 1.03 bits per heavy atom. The number of amides is 2. The highest BCUT2D eigenvalue weighted by molar-refractivity contribution is 7.89. The summed E-state index contributed by atoms with van der Waals surface area (Å²) >= 11 is 0. The first-order valence-corrected chi connectivity index (χ1v) is 14.1. The lowest BCUT2D eigenvalue weighted by Gasteiger charge is -2.33. The summed E-state index contributed by atoms with van der Waals surface area (Å²) in [6, 6.07) is 9.24. The van der Waals surface area contributed by atoms with E-state index in [-0.39, 0.29) is 41.9 Å². The van der Waals surface area contributed by atoms with Crippen LogP contribution in [0.2, 0.25) is 0 Å². The summed E-state index contributed by atoms with van der Waals surface area (Å²) in [6.07, 6.45) is 0. The number of carbonyl (C=O) groups excluding carboxylic acids is 2. The number of likely N-dealkylation sites (N-methyl/N-ethyl adjacent to an activating group) is 1. The molecule has 0 saturated heterocycles. The fourth-order valence-corrected chi connectivity index (χ4v) is 6.16. The molecule has 0 spiro atoms. The van der Waals surface area contributed by atoms with Gasteiger partial charge >= 0.3 is 0 Å². The molecule has 2 heterocycles. The van der Waals surface area contributed by atoms with E-state index in [1.54, 1.807) is 19.9 Å². The number of nitrogens with one attached hydrogen (secondary N) is 2. The second kappa shape index (κ2) is 10.4. The third kappa shape index (κ3) is 5.13. The summed E-state index contributed by atoms with van der Waals surface area (Å²) in [6.45, 7) is 9.93.